The predicted molar refractivity (Wildman–Crippen MR) is 86.4 cm³/mol. The summed E-state index contributed by atoms with van der Waals surface area (Å²) in [5.74, 6) is -0.230. The van der Waals surface area contributed by atoms with Crippen LogP contribution in [0.4, 0.5) is 17.6 Å². The van der Waals surface area contributed by atoms with Crippen molar-refractivity contribution in [2.45, 2.75) is 13.1 Å². The zero-order valence-electron chi connectivity index (χ0n) is 13.7. The Bertz CT molecular complexity index is 889. The Balaban J connectivity index is 1.95. The van der Waals surface area contributed by atoms with Crippen LogP contribution in [0.5, 0.6) is 5.75 Å². The molecule has 0 aliphatic carbocycles. The Labute approximate surface area is 146 Å². The lowest BCUT2D eigenvalue weighted by molar-refractivity contribution is -0.138. The van der Waals surface area contributed by atoms with Gasteiger partial charge in [0.05, 0.1) is 5.56 Å². The third-order valence-electron chi connectivity index (χ3n) is 3.60. The molecule has 0 amide bonds. The quantitative estimate of drug-likeness (QED) is 0.591. The zero-order valence-corrected chi connectivity index (χ0v) is 13.7. The number of hydrogen-bond acceptors (Lipinski definition) is 4. The Kier molecular flexibility index (Phi) is 4.92. The van der Waals surface area contributed by atoms with Gasteiger partial charge in [0.2, 0.25) is 5.82 Å². The van der Waals surface area contributed by atoms with Crippen LogP contribution in [0.15, 0.2) is 47.0 Å². The molecule has 0 saturated heterocycles. The average Bonchev–Trinajstić information content (AvgIpc) is 3.09. The lowest BCUT2D eigenvalue weighted by Gasteiger charge is -2.13. The van der Waals surface area contributed by atoms with Crippen LogP contribution >= 0.6 is 0 Å². The fraction of sp³-hybridized carbons (Fsp3) is 0.222. The highest BCUT2D eigenvalue weighted by Crippen LogP contribution is 2.38. The highest BCUT2D eigenvalue weighted by Gasteiger charge is 2.35. The van der Waals surface area contributed by atoms with E-state index >= 15 is 0 Å². The molecule has 8 heteroatoms. The van der Waals surface area contributed by atoms with Crippen molar-refractivity contribution in [2.24, 2.45) is 0 Å². The maximum absolute atomic E-state index is 13.2. The number of aromatic nitrogens is 2. The first-order valence-electron chi connectivity index (χ1n) is 7.69. The Morgan fingerprint density at radius 1 is 1.04 bits per heavy atom. The second-order valence-corrected chi connectivity index (χ2v) is 5.54. The average molecular weight is 366 g/mol. The summed E-state index contributed by atoms with van der Waals surface area (Å²) in [6.07, 6.45) is -4.67. The lowest BCUT2D eigenvalue weighted by atomic mass is 10.1. The van der Waals surface area contributed by atoms with Crippen molar-refractivity contribution in [2.75, 3.05) is 13.3 Å². The van der Waals surface area contributed by atoms with Crippen molar-refractivity contribution in [1.29, 1.82) is 0 Å². The minimum Gasteiger partial charge on any atom is -0.490 e. The Hall–Kier alpha value is -2.90. The molecule has 0 fully saturated rings. The van der Waals surface area contributed by atoms with E-state index in [4.69, 9.17) is 9.26 Å². The summed E-state index contributed by atoms with van der Waals surface area (Å²) >= 11 is 0. The number of hydrogen-bond donors (Lipinski definition) is 0. The molecule has 0 unspecified atom stereocenters. The molecular weight excluding hydrogens is 352 g/mol. The summed E-state index contributed by atoms with van der Waals surface area (Å²) in [6, 6.07) is 10.6. The van der Waals surface area contributed by atoms with Crippen molar-refractivity contribution < 1.29 is 26.8 Å². The number of aryl methyl sites for hydroxylation is 1. The smallest absolute Gasteiger partial charge is 0.419 e. The first kappa shape index (κ1) is 17.9. The van der Waals surface area contributed by atoms with Gasteiger partial charge < -0.3 is 9.26 Å². The van der Waals surface area contributed by atoms with E-state index in [0.29, 0.717) is 5.56 Å². The van der Waals surface area contributed by atoms with Gasteiger partial charge >= 0.3 is 6.18 Å². The van der Waals surface area contributed by atoms with Gasteiger partial charge in [0.15, 0.2) is 0 Å². The molecule has 0 spiro atoms. The van der Waals surface area contributed by atoms with Gasteiger partial charge in [-0.05, 0) is 25.1 Å². The largest absolute Gasteiger partial charge is 0.490 e. The minimum atomic E-state index is -4.67. The summed E-state index contributed by atoms with van der Waals surface area (Å²) in [5.41, 5.74) is 0.801. The van der Waals surface area contributed by atoms with Gasteiger partial charge in [-0.1, -0.05) is 35.0 Å². The zero-order chi connectivity index (χ0) is 18.7. The SMILES string of the molecule is Cc1ccc(-c2noc(-c3ccc(OCCF)c(C(F)(F)F)c3)n2)cc1. The first-order chi connectivity index (χ1) is 12.4. The fourth-order valence-corrected chi connectivity index (χ4v) is 2.32. The molecule has 0 atom stereocenters. The van der Waals surface area contributed by atoms with Crippen molar-refractivity contribution in [3.05, 3.63) is 53.6 Å². The second-order valence-electron chi connectivity index (χ2n) is 5.54. The van der Waals surface area contributed by atoms with Crippen LogP contribution in [0.2, 0.25) is 0 Å². The molecule has 26 heavy (non-hydrogen) atoms. The molecule has 0 aliphatic rings. The van der Waals surface area contributed by atoms with Crippen LogP contribution in [0.3, 0.4) is 0 Å². The van der Waals surface area contributed by atoms with Gasteiger partial charge in [-0.2, -0.15) is 18.2 Å². The van der Waals surface area contributed by atoms with Crippen LogP contribution in [-0.4, -0.2) is 23.4 Å². The van der Waals surface area contributed by atoms with E-state index in [2.05, 4.69) is 10.1 Å². The van der Waals surface area contributed by atoms with E-state index in [9.17, 15) is 17.6 Å². The maximum atomic E-state index is 13.2. The highest BCUT2D eigenvalue weighted by atomic mass is 19.4. The molecule has 136 valence electrons. The van der Waals surface area contributed by atoms with Crippen LogP contribution in [0.1, 0.15) is 11.1 Å². The molecule has 1 aromatic heterocycles. The summed E-state index contributed by atoms with van der Waals surface area (Å²) < 4.78 is 61.8. The van der Waals surface area contributed by atoms with Gasteiger partial charge in [0.1, 0.15) is 19.0 Å². The van der Waals surface area contributed by atoms with Crippen molar-refractivity contribution >= 4 is 0 Å². The van der Waals surface area contributed by atoms with Gasteiger partial charge in [-0.3, -0.25) is 0 Å². The number of rotatable bonds is 5. The number of ether oxygens (including phenoxy) is 1. The molecule has 3 rings (SSSR count). The van der Waals surface area contributed by atoms with Crippen LogP contribution in [0.25, 0.3) is 22.8 Å². The lowest BCUT2D eigenvalue weighted by Crippen LogP contribution is -2.10. The molecule has 0 aliphatic heterocycles. The molecule has 0 N–H and O–H groups in total. The van der Waals surface area contributed by atoms with Gasteiger partial charge in [-0.15, -0.1) is 0 Å². The van der Waals surface area contributed by atoms with E-state index in [-0.39, 0.29) is 17.3 Å². The normalized spacial score (nSPS) is 11.6. The number of benzene rings is 2. The molecule has 2 aromatic carbocycles. The minimum absolute atomic E-state index is 0.0527. The van der Waals surface area contributed by atoms with Gasteiger partial charge in [0, 0.05) is 11.1 Å². The summed E-state index contributed by atoms with van der Waals surface area (Å²) in [6.45, 7) is 0.583. The van der Waals surface area contributed by atoms with Crippen LogP contribution in [0, 0.1) is 6.92 Å². The fourth-order valence-electron chi connectivity index (χ4n) is 2.32. The van der Waals surface area contributed by atoms with Crippen molar-refractivity contribution in [3.63, 3.8) is 0 Å². The molecule has 0 bridgehead atoms. The molecule has 4 nitrogen and oxygen atoms in total. The van der Waals surface area contributed by atoms with Gasteiger partial charge in [0.25, 0.3) is 5.89 Å². The Morgan fingerprint density at radius 2 is 1.73 bits per heavy atom. The number of nitrogens with zero attached hydrogens (tertiary/aromatic N) is 2. The van der Waals surface area contributed by atoms with E-state index in [1.165, 1.54) is 6.07 Å². The monoisotopic (exact) mass is 366 g/mol. The number of alkyl halides is 4. The van der Waals surface area contributed by atoms with Gasteiger partial charge in [-0.25, -0.2) is 4.39 Å². The van der Waals surface area contributed by atoms with Crippen LogP contribution < -0.4 is 4.74 Å². The van der Waals surface area contributed by atoms with Crippen LogP contribution in [-0.2, 0) is 6.18 Å². The highest BCUT2D eigenvalue weighted by molar-refractivity contribution is 5.62. The molecule has 0 saturated carbocycles. The maximum Gasteiger partial charge on any atom is 0.419 e. The number of halogens is 4. The second kappa shape index (κ2) is 7.15. The summed E-state index contributed by atoms with van der Waals surface area (Å²) in [5, 5.41) is 3.81. The van der Waals surface area contributed by atoms with E-state index in [1.807, 2.05) is 19.1 Å². The molecule has 0 radical (unpaired) electrons. The van der Waals surface area contributed by atoms with E-state index in [0.717, 1.165) is 17.7 Å². The molecule has 1 heterocycles. The standard InChI is InChI=1S/C18H14F4N2O2/c1-11-2-4-12(5-3-11)16-23-17(26-24-16)13-6-7-15(25-9-8-19)14(10-13)18(20,21)22/h2-7,10H,8-9H2,1H3. The molecule has 3 aromatic rings. The third kappa shape index (κ3) is 3.84. The predicted octanol–water partition coefficient (Wildman–Crippen LogP) is 5.08. The van der Waals surface area contributed by atoms with Crippen molar-refractivity contribution in [3.8, 4) is 28.6 Å². The van der Waals surface area contributed by atoms with E-state index < -0.39 is 30.8 Å². The third-order valence-corrected chi connectivity index (χ3v) is 3.60. The summed E-state index contributed by atoms with van der Waals surface area (Å²) in [7, 11) is 0. The molecular formula is C18H14F4N2O2. The van der Waals surface area contributed by atoms with Crippen molar-refractivity contribution in [1.82, 2.24) is 10.1 Å². The first-order valence-corrected chi connectivity index (χ1v) is 7.69. The summed E-state index contributed by atoms with van der Waals surface area (Å²) in [4.78, 5) is 4.15. The Morgan fingerprint density at radius 3 is 2.38 bits per heavy atom. The topological polar surface area (TPSA) is 48.2 Å². The van der Waals surface area contributed by atoms with E-state index in [1.54, 1.807) is 12.1 Å².